The van der Waals surface area contributed by atoms with Crippen molar-refractivity contribution in [2.24, 2.45) is 0 Å². The number of para-hydroxylation sites is 2. The minimum Gasteiger partial charge on any atom is -0.474 e. The van der Waals surface area contributed by atoms with Crippen LogP contribution in [0.25, 0.3) is 11.0 Å². The number of carbonyl (C=O) groups excluding carboxylic acids is 1. The fourth-order valence-electron chi connectivity index (χ4n) is 2.76. The number of hydrogen-bond acceptors (Lipinski definition) is 5. The summed E-state index contributed by atoms with van der Waals surface area (Å²) in [6.07, 6.45) is 3.20. The normalized spacial score (nSPS) is 18.0. The molecule has 1 amide bonds. The Kier molecular flexibility index (Phi) is 4.55. The second kappa shape index (κ2) is 6.63. The van der Waals surface area contributed by atoms with Crippen LogP contribution in [-0.4, -0.2) is 45.8 Å². The zero-order chi connectivity index (χ0) is 17.2. The molecule has 1 atom stereocenters. The maximum atomic E-state index is 12.3. The third-order valence-electron chi connectivity index (χ3n) is 3.86. The lowest BCUT2D eigenvalue weighted by molar-refractivity contribution is 0.0186. The predicted molar refractivity (Wildman–Crippen MR) is 91.0 cm³/mol. The van der Waals surface area contributed by atoms with Gasteiger partial charge in [0, 0.05) is 6.54 Å². The van der Waals surface area contributed by atoms with Crippen molar-refractivity contribution < 1.29 is 14.3 Å². The molecule has 128 valence electrons. The van der Waals surface area contributed by atoms with Crippen LogP contribution in [-0.2, 0) is 4.74 Å². The molecule has 0 radical (unpaired) electrons. The van der Waals surface area contributed by atoms with Gasteiger partial charge in [-0.05, 0) is 45.7 Å². The van der Waals surface area contributed by atoms with Crippen LogP contribution in [0.5, 0.6) is 5.88 Å². The fraction of sp³-hybridized carbons (Fsp3) is 0.500. The molecule has 1 fully saturated rings. The Labute approximate surface area is 141 Å². The van der Waals surface area contributed by atoms with Gasteiger partial charge in [-0.2, -0.15) is 0 Å². The molecule has 6 heteroatoms. The molecule has 2 heterocycles. The quantitative estimate of drug-likeness (QED) is 0.863. The smallest absolute Gasteiger partial charge is 0.410 e. The Morgan fingerprint density at radius 2 is 2.04 bits per heavy atom. The summed E-state index contributed by atoms with van der Waals surface area (Å²) in [7, 11) is 0. The van der Waals surface area contributed by atoms with Gasteiger partial charge >= 0.3 is 6.09 Å². The van der Waals surface area contributed by atoms with E-state index in [1.165, 1.54) is 0 Å². The van der Waals surface area contributed by atoms with Crippen LogP contribution in [0, 0.1) is 0 Å². The van der Waals surface area contributed by atoms with Crippen molar-refractivity contribution >= 4 is 17.1 Å². The van der Waals surface area contributed by atoms with E-state index >= 15 is 0 Å². The van der Waals surface area contributed by atoms with Crippen molar-refractivity contribution in [2.75, 3.05) is 13.2 Å². The first-order chi connectivity index (χ1) is 11.4. The molecule has 0 aliphatic carbocycles. The van der Waals surface area contributed by atoms with Crippen LogP contribution in [0.15, 0.2) is 30.5 Å². The van der Waals surface area contributed by atoms with E-state index in [0.29, 0.717) is 19.0 Å². The molecule has 2 aromatic rings. The van der Waals surface area contributed by atoms with E-state index in [1.807, 2.05) is 45.0 Å². The lowest BCUT2D eigenvalue weighted by atomic mass is 10.2. The molecular formula is C18H23N3O3. The molecule has 1 saturated heterocycles. The average Bonchev–Trinajstić information content (AvgIpc) is 3.00. The Bertz CT molecular complexity index is 727. The third-order valence-corrected chi connectivity index (χ3v) is 3.86. The standard InChI is InChI=1S/C18H23N3O3/c1-18(2,3)24-17(22)21-10-6-7-13(21)12-23-16-11-19-14-8-4-5-9-15(14)20-16/h4-5,8-9,11,13H,6-7,10,12H2,1-3H3/t13-/m1/s1. The number of nitrogens with zero attached hydrogens (tertiary/aromatic N) is 3. The number of carbonyl (C=O) groups is 1. The first kappa shape index (κ1) is 16.5. The van der Waals surface area contributed by atoms with Gasteiger partial charge in [-0.1, -0.05) is 12.1 Å². The second-order valence-electron chi connectivity index (χ2n) is 6.98. The van der Waals surface area contributed by atoms with Crippen LogP contribution in [0.4, 0.5) is 4.79 Å². The predicted octanol–water partition coefficient (Wildman–Crippen LogP) is 3.41. The minimum absolute atomic E-state index is 0.00752. The summed E-state index contributed by atoms with van der Waals surface area (Å²) in [5.41, 5.74) is 1.14. The van der Waals surface area contributed by atoms with Crippen molar-refractivity contribution in [3.63, 3.8) is 0 Å². The Balaban J connectivity index is 1.63. The molecule has 1 aliphatic heterocycles. The van der Waals surface area contributed by atoms with Crippen LogP contribution in [0.1, 0.15) is 33.6 Å². The number of hydrogen-bond donors (Lipinski definition) is 0. The third kappa shape index (κ3) is 3.93. The van der Waals surface area contributed by atoms with Gasteiger partial charge in [-0.3, -0.25) is 0 Å². The highest BCUT2D eigenvalue weighted by molar-refractivity contribution is 5.74. The van der Waals surface area contributed by atoms with E-state index in [0.717, 1.165) is 23.9 Å². The minimum atomic E-state index is -0.491. The first-order valence-corrected chi connectivity index (χ1v) is 8.26. The molecule has 1 aromatic heterocycles. The molecule has 0 saturated carbocycles. The van der Waals surface area contributed by atoms with E-state index in [9.17, 15) is 4.79 Å². The SMILES string of the molecule is CC(C)(C)OC(=O)N1CCC[C@@H]1COc1cnc2ccccc2n1. The monoisotopic (exact) mass is 329 g/mol. The van der Waals surface area contributed by atoms with Gasteiger partial charge in [-0.25, -0.2) is 14.8 Å². The summed E-state index contributed by atoms with van der Waals surface area (Å²) < 4.78 is 11.3. The summed E-state index contributed by atoms with van der Waals surface area (Å²) in [5, 5.41) is 0. The Hall–Kier alpha value is -2.37. The topological polar surface area (TPSA) is 64.5 Å². The molecule has 6 nitrogen and oxygen atoms in total. The molecule has 3 rings (SSSR count). The maximum absolute atomic E-state index is 12.3. The molecule has 24 heavy (non-hydrogen) atoms. The molecule has 0 unspecified atom stereocenters. The van der Waals surface area contributed by atoms with Gasteiger partial charge in [0.05, 0.1) is 23.3 Å². The number of amides is 1. The van der Waals surface area contributed by atoms with Crippen LogP contribution < -0.4 is 4.74 Å². The van der Waals surface area contributed by atoms with Gasteiger partial charge in [0.1, 0.15) is 12.2 Å². The van der Waals surface area contributed by atoms with Gasteiger partial charge in [0.2, 0.25) is 5.88 Å². The van der Waals surface area contributed by atoms with Gasteiger partial charge in [0.15, 0.2) is 0 Å². The number of rotatable bonds is 3. The number of likely N-dealkylation sites (tertiary alicyclic amines) is 1. The van der Waals surface area contributed by atoms with Crippen molar-refractivity contribution in [1.29, 1.82) is 0 Å². The molecule has 0 spiro atoms. The number of ether oxygens (including phenoxy) is 2. The summed E-state index contributed by atoms with van der Waals surface area (Å²) in [5.74, 6) is 0.477. The molecule has 1 aromatic carbocycles. The second-order valence-corrected chi connectivity index (χ2v) is 6.98. The highest BCUT2D eigenvalue weighted by Gasteiger charge is 2.32. The summed E-state index contributed by atoms with van der Waals surface area (Å²) in [6, 6.07) is 7.66. The number of benzene rings is 1. The first-order valence-electron chi connectivity index (χ1n) is 8.26. The lowest BCUT2D eigenvalue weighted by Crippen LogP contribution is -2.42. The van der Waals surface area contributed by atoms with Gasteiger partial charge < -0.3 is 14.4 Å². The molecule has 0 bridgehead atoms. The van der Waals surface area contributed by atoms with Crippen molar-refractivity contribution in [3.05, 3.63) is 30.5 Å². The summed E-state index contributed by atoms with van der Waals surface area (Å²) in [4.78, 5) is 22.8. The van der Waals surface area contributed by atoms with E-state index in [4.69, 9.17) is 9.47 Å². The Morgan fingerprint density at radius 1 is 1.29 bits per heavy atom. The largest absolute Gasteiger partial charge is 0.474 e. The van der Waals surface area contributed by atoms with Crippen LogP contribution >= 0.6 is 0 Å². The fourth-order valence-corrected chi connectivity index (χ4v) is 2.76. The van der Waals surface area contributed by atoms with Gasteiger partial charge in [-0.15, -0.1) is 0 Å². The van der Waals surface area contributed by atoms with Crippen molar-refractivity contribution in [3.8, 4) is 5.88 Å². The molecule has 0 N–H and O–H groups in total. The van der Waals surface area contributed by atoms with E-state index in [2.05, 4.69) is 9.97 Å². The van der Waals surface area contributed by atoms with E-state index in [-0.39, 0.29) is 12.1 Å². The van der Waals surface area contributed by atoms with Crippen LogP contribution in [0.2, 0.25) is 0 Å². The zero-order valence-corrected chi connectivity index (χ0v) is 14.4. The van der Waals surface area contributed by atoms with Crippen molar-refractivity contribution in [1.82, 2.24) is 14.9 Å². The zero-order valence-electron chi connectivity index (χ0n) is 14.4. The summed E-state index contributed by atoms with van der Waals surface area (Å²) >= 11 is 0. The Morgan fingerprint density at radius 3 is 2.79 bits per heavy atom. The summed E-state index contributed by atoms with van der Waals surface area (Å²) in [6.45, 7) is 6.71. The number of aromatic nitrogens is 2. The lowest BCUT2D eigenvalue weighted by Gasteiger charge is -2.28. The van der Waals surface area contributed by atoms with E-state index < -0.39 is 5.60 Å². The van der Waals surface area contributed by atoms with Gasteiger partial charge in [0.25, 0.3) is 0 Å². The van der Waals surface area contributed by atoms with Crippen LogP contribution in [0.3, 0.4) is 0 Å². The average molecular weight is 329 g/mol. The molecular weight excluding hydrogens is 306 g/mol. The van der Waals surface area contributed by atoms with Crippen molar-refractivity contribution in [2.45, 2.75) is 45.3 Å². The highest BCUT2D eigenvalue weighted by Crippen LogP contribution is 2.22. The molecule has 1 aliphatic rings. The highest BCUT2D eigenvalue weighted by atomic mass is 16.6. The van der Waals surface area contributed by atoms with E-state index in [1.54, 1.807) is 11.1 Å². The maximum Gasteiger partial charge on any atom is 0.410 e. The number of fused-ring (bicyclic) bond motifs is 1.